The second-order valence-corrected chi connectivity index (χ2v) is 17.1. The molecule has 0 aliphatic heterocycles. The number of allylic oxidation sites excluding steroid dienone is 6. The van der Waals surface area contributed by atoms with Crippen LogP contribution >= 0.6 is 0 Å². The molecule has 0 fully saturated rings. The molecule has 0 N–H and O–H groups in total. The van der Waals surface area contributed by atoms with E-state index in [2.05, 4.69) is 37.9 Å². The standard InChI is InChI=1S/C17H16O.C5H5.C2H7Si.Ti/c1-3-15(16-9-5-4-6-10-16)13-18-17-11-7-8-14(2)12-17;1-2-4-5-3-1;1-3-2;/h3-13H,1H2,2H3;1-3H,4H2;3H,1-2H3;. The third kappa shape index (κ3) is 8.13. The summed E-state index contributed by atoms with van der Waals surface area (Å²) in [5.74, 6) is 0.838. The van der Waals surface area contributed by atoms with Gasteiger partial charge in [-0.05, 0) is 30.2 Å². The van der Waals surface area contributed by atoms with Crippen LogP contribution in [0, 0.1) is 6.92 Å². The zero-order valence-corrected chi connectivity index (χ0v) is 19.2. The fourth-order valence-electron chi connectivity index (χ4n) is 2.61. The van der Waals surface area contributed by atoms with Crippen LogP contribution in [0.5, 0.6) is 5.75 Å². The molecule has 0 saturated heterocycles. The van der Waals surface area contributed by atoms with Gasteiger partial charge in [-0.25, -0.2) is 0 Å². The molecule has 0 amide bonds. The van der Waals surface area contributed by atoms with E-state index >= 15 is 0 Å². The van der Waals surface area contributed by atoms with Crippen molar-refractivity contribution in [1.29, 1.82) is 0 Å². The van der Waals surface area contributed by atoms with Gasteiger partial charge in [0, 0.05) is 5.57 Å². The summed E-state index contributed by atoms with van der Waals surface area (Å²) in [4.78, 5) is 0. The average Bonchev–Trinajstić information content (AvgIpc) is 3.16. The summed E-state index contributed by atoms with van der Waals surface area (Å²) in [6.07, 6.45) is 11.6. The molecule has 0 bridgehead atoms. The van der Waals surface area contributed by atoms with Gasteiger partial charge in [0.15, 0.2) is 0 Å². The fraction of sp³-hybridized carbons (Fsp3) is 0.167. The number of ether oxygens (including phenoxy) is 1. The van der Waals surface area contributed by atoms with E-state index < -0.39 is 0 Å². The summed E-state index contributed by atoms with van der Waals surface area (Å²) in [5.41, 5.74) is 3.25. The van der Waals surface area contributed by atoms with Crippen molar-refractivity contribution >= 4 is 12.2 Å². The summed E-state index contributed by atoms with van der Waals surface area (Å²) >= 11 is 0.375. The number of benzene rings is 2. The summed E-state index contributed by atoms with van der Waals surface area (Å²) in [7, 11) is 0. The first-order valence-corrected chi connectivity index (χ1v) is 15.7. The van der Waals surface area contributed by atoms with Gasteiger partial charge in [0.05, 0.1) is 6.26 Å². The van der Waals surface area contributed by atoms with E-state index in [9.17, 15) is 0 Å². The van der Waals surface area contributed by atoms with Gasteiger partial charge in [-0.2, -0.15) is 0 Å². The van der Waals surface area contributed by atoms with E-state index in [0.717, 1.165) is 16.9 Å². The number of aryl methyl sites for hydroxylation is 1. The van der Waals surface area contributed by atoms with E-state index in [1.54, 1.807) is 16.2 Å². The molecule has 2 aromatic rings. The minimum absolute atomic E-state index is 0.207. The van der Waals surface area contributed by atoms with Crippen LogP contribution in [-0.4, -0.2) is 6.66 Å². The number of hydrogen-bond donors (Lipinski definition) is 0. The van der Waals surface area contributed by atoms with Crippen LogP contribution in [0.4, 0.5) is 0 Å². The Morgan fingerprint density at radius 1 is 1.11 bits per heavy atom. The summed E-state index contributed by atoms with van der Waals surface area (Å²) in [6.45, 7) is 10.6. The van der Waals surface area contributed by atoms with Crippen LogP contribution in [0.2, 0.25) is 13.1 Å². The second-order valence-electron chi connectivity index (χ2n) is 6.70. The molecule has 3 heteroatoms. The van der Waals surface area contributed by atoms with Crippen LogP contribution < -0.4 is 4.74 Å². The van der Waals surface area contributed by atoms with Gasteiger partial charge in [-0.3, -0.25) is 0 Å². The maximum absolute atomic E-state index is 5.66. The van der Waals surface area contributed by atoms with Gasteiger partial charge in [0.2, 0.25) is 0 Å². The summed E-state index contributed by atoms with van der Waals surface area (Å²) in [6, 6.07) is 18.0. The SMILES string of the molecule is C=CC(=COc1cccc(C)c1)c1ccccc1.C[SiH](C)[Ti][C]1=CC=CC1. The predicted molar refractivity (Wildman–Crippen MR) is 117 cm³/mol. The molecule has 2 aromatic carbocycles. The van der Waals surface area contributed by atoms with Crippen LogP contribution in [0.1, 0.15) is 17.5 Å². The first kappa shape index (κ1) is 21.4. The zero-order chi connectivity index (χ0) is 19.5. The Kier molecular flexibility index (Phi) is 9.34. The Morgan fingerprint density at radius 3 is 2.48 bits per heavy atom. The van der Waals surface area contributed by atoms with Gasteiger partial charge < -0.3 is 4.74 Å². The Morgan fingerprint density at radius 2 is 1.89 bits per heavy atom. The van der Waals surface area contributed by atoms with Gasteiger partial charge in [-0.1, -0.05) is 55.1 Å². The minimum atomic E-state index is -0.207. The third-order valence-electron chi connectivity index (χ3n) is 3.88. The van der Waals surface area contributed by atoms with Crippen molar-refractivity contribution in [3.63, 3.8) is 0 Å². The Bertz CT molecular complexity index is 819. The van der Waals surface area contributed by atoms with E-state index in [0.29, 0.717) is 18.4 Å². The zero-order valence-electron chi connectivity index (χ0n) is 16.5. The molecule has 138 valence electrons. The van der Waals surface area contributed by atoms with Gasteiger partial charge >= 0.3 is 66.7 Å². The second kappa shape index (κ2) is 11.8. The monoisotopic (exact) mass is 408 g/mol. The Labute approximate surface area is 173 Å². The van der Waals surface area contributed by atoms with Gasteiger partial charge in [0.1, 0.15) is 5.75 Å². The molecular weight excluding hydrogens is 380 g/mol. The molecule has 0 saturated carbocycles. The summed E-state index contributed by atoms with van der Waals surface area (Å²) in [5, 5.41) is 0. The average molecular weight is 408 g/mol. The topological polar surface area (TPSA) is 9.23 Å². The maximum atomic E-state index is 5.66. The van der Waals surface area contributed by atoms with Gasteiger partial charge in [-0.15, -0.1) is 0 Å². The molecule has 3 rings (SSSR count). The molecule has 0 aromatic heterocycles. The quantitative estimate of drug-likeness (QED) is 0.301. The Hall–Kier alpha value is -1.87. The molecule has 1 aliphatic carbocycles. The predicted octanol–water partition coefficient (Wildman–Crippen LogP) is 6.50. The van der Waals surface area contributed by atoms with E-state index in [4.69, 9.17) is 4.74 Å². The third-order valence-corrected chi connectivity index (χ3v) is 9.85. The molecule has 0 radical (unpaired) electrons. The molecule has 0 heterocycles. The van der Waals surface area contributed by atoms with Crippen molar-refractivity contribution in [1.82, 2.24) is 0 Å². The van der Waals surface area contributed by atoms with Crippen molar-refractivity contribution in [3.8, 4) is 5.75 Å². The van der Waals surface area contributed by atoms with Crippen LogP contribution in [0.3, 0.4) is 0 Å². The van der Waals surface area contributed by atoms with Crippen molar-refractivity contribution in [2.75, 3.05) is 0 Å². The van der Waals surface area contributed by atoms with Crippen LogP contribution in [0.15, 0.2) is 95.6 Å². The molecule has 0 atom stereocenters. The molecule has 0 spiro atoms. The molecule has 27 heavy (non-hydrogen) atoms. The molecule has 1 nitrogen and oxygen atoms in total. The van der Waals surface area contributed by atoms with Crippen LogP contribution in [0.25, 0.3) is 5.57 Å². The number of rotatable bonds is 6. The van der Waals surface area contributed by atoms with E-state index in [1.807, 2.05) is 61.5 Å². The van der Waals surface area contributed by atoms with Crippen molar-refractivity contribution in [2.45, 2.75) is 26.4 Å². The first-order valence-electron chi connectivity index (χ1n) is 9.32. The summed E-state index contributed by atoms with van der Waals surface area (Å²) < 4.78 is 7.44. The van der Waals surface area contributed by atoms with E-state index in [-0.39, 0.29) is 6.66 Å². The number of hydrogen-bond acceptors (Lipinski definition) is 1. The molecule has 0 unspecified atom stereocenters. The van der Waals surface area contributed by atoms with E-state index in [1.165, 1.54) is 12.0 Å². The molecular formula is C24H28OSiTi. The van der Waals surface area contributed by atoms with Crippen molar-refractivity contribution < 1.29 is 23.1 Å². The van der Waals surface area contributed by atoms with Crippen molar-refractivity contribution in [3.05, 3.63) is 107 Å². The molecule has 1 aliphatic rings. The fourth-order valence-corrected chi connectivity index (χ4v) is 8.38. The van der Waals surface area contributed by atoms with Crippen LogP contribution in [-0.2, 0) is 18.4 Å². The van der Waals surface area contributed by atoms with Gasteiger partial charge in [0.25, 0.3) is 0 Å². The van der Waals surface area contributed by atoms with Crippen molar-refractivity contribution in [2.24, 2.45) is 0 Å². The first-order chi connectivity index (χ1) is 13.1. The Balaban J connectivity index is 0.000000244. The normalized spacial score (nSPS) is 12.9.